The summed E-state index contributed by atoms with van der Waals surface area (Å²) in [6.45, 7) is 1.95. The van der Waals surface area contributed by atoms with Gasteiger partial charge in [0.25, 0.3) is 5.91 Å². The summed E-state index contributed by atoms with van der Waals surface area (Å²) in [6, 6.07) is 30.4. The summed E-state index contributed by atoms with van der Waals surface area (Å²) >= 11 is 0. The molecule has 0 spiro atoms. The lowest BCUT2D eigenvalue weighted by molar-refractivity contribution is -0.137. The SMILES string of the molecule is Cc1ccc(C2C/C(=N/C(=O)c3cccc(C(F)(F)F)c3)N(C(=O)OCc3ccccc3)/C2=C\c2ccccc2)cc1. The molecule has 0 aliphatic carbocycles. The van der Waals surface area contributed by atoms with Crippen LogP contribution in [0.1, 0.15) is 50.5 Å². The number of amides is 2. The predicted molar refractivity (Wildman–Crippen MR) is 155 cm³/mol. The molecule has 0 radical (unpaired) electrons. The van der Waals surface area contributed by atoms with Gasteiger partial charge >= 0.3 is 12.3 Å². The largest absolute Gasteiger partial charge is 0.444 e. The van der Waals surface area contributed by atoms with Gasteiger partial charge in [-0.2, -0.15) is 18.2 Å². The van der Waals surface area contributed by atoms with E-state index in [0.717, 1.165) is 40.5 Å². The number of amidine groups is 1. The van der Waals surface area contributed by atoms with E-state index in [9.17, 15) is 22.8 Å². The summed E-state index contributed by atoms with van der Waals surface area (Å²) < 4.78 is 45.7. The summed E-state index contributed by atoms with van der Waals surface area (Å²) in [6.07, 6.45) is -3.36. The van der Waals surface area contributed by atoms with Crippen LogP contribution >= 0.6 is 0 Å². The zero-order valence-corrected chi connectivity index (χ0v) is 22.7. The summed E-state index contributed by atoms with van der Waals surface area (Å²) in [7, 11) is 0. The maximum Gasteiger partial charge on any atom is 0.420 e. The van der Waals surface area contributed by atoms with Crippen LogP contribution < -0.4 is 0 Å². The molecular weight excluding hydrogens is 541 g/mol. The van der Waals surface area contributed by atoms with Crippen molar-refractivity contribution in [3.8, 4) is 0 Å². The minimum absolute atomic E-state index is 0.0150. The van der Waals surface area contributed by atoms with Gasteiger partial charge < -0.3 is 4.74 Å². The van der Waals surface area contributed by atoms with Gasteiger partial charge in [0.1, 0.15) is 12.4 Å². The van der Waals surface area contributed by atoms with Gasteiger partial charge in [0.15, 0.2) is 0 Å². The van der Waals surface area contributed by atoms with Crippen molar-refractivity contribution < 1.29 is 27.5 Å². The number of allylic oxidation sites excluding steroid dienone is 1. The molecule has 5 rings (SSSR count). The van der Waals surface area contributed by atoms with E-state index in [2.05, 4.69) is 4.99 Å². The number of halogens is 3. The Morgan fingerprint density at radius 1 is 0.905 bits per heavy atom. The van der Waals surface area contributed by atoms with Crippen LogP contribution in [-0.4, -0.2) is 22.7 Å². The maximum atomic E-state index is 13.7. The second-order valence-corrected chi connectivity index (χ2v) is 9.93. The van der Waals surface area contributed by atoms with Crippen molar-refractivity contribution in [2.45, 2.75) is 32.0 Å². The fraction of sp³-hybridized carbons (Fsp3) is 0.147. The van der Waals surface area contributed by atoms with Crippen LogP contribution in [0.3, 0.4) is 0 Å². The highest BCUT2D eigenvalue weighted by molar-refractivity contribution is 6.10. The van der Waals surface area contributed by atoms with Gasteiger partial charge in [-0.15, -0.1) is 0 Å². The first-order chi connectivity index (χ1) is 20.2. The number of alkyl halides is 3. The number of benzene rings is 4. The van der Waals surface area contributed by atoms with Crippen LogP contribution in [0.4, 0.5) is 18.0 Å². The number of hydrogen-bond acceptors (Lipinski definition) is 3. The first kappa shape index (κ1) is 28.5. The van der Waals surface area contributed by atoms with E-state index in [4.69, 9.17) is 4.74 Å². The molecule has 0 aromatic heterocycles. The predicted octanol–water partition coefficient (Wildman–Crippen LogP) is 8.42. The van der Waals surface area contributed by atoms with E-state index < -0.39 is 23.7 Å². The van der Waals surface area contributed by atoms with Gasteiger partial charge in [0, 0.05) is 23.6 Å². The van der Waals surface area contributed by atoms with Crippen molar-refractivity contribution >= 4 is 23.9 Å². The summed E-state index contributed by atoms with van der Waals surface area (Å²) in [4.78, 5) is 32.4. The monoisotopic (exact) mass is 568 g/mol. The molecule has 5 nitrogen and oxygen atoms in total. The molecular formula is C34H27F3N2O3. The lowest BCUT2D eigenvalue weighted by Crippen LogP contribution is -2.32. The minimum Gasteiger partial charge on any atom is -0.444 e. The molecule has 2 amide bonds. The third-order valence-electron chi connectivity index (χ3n) is 6.91. The Kier molecular flexibility index (Phi) is 8.33. The Morgan fingerprint density at radius 3 is 2.24 bits per heavy atom. The lowest BCUT2D eigenvalue weighted by atomic mass is 9.93. The summed E-state index contributed by atoms with van der Waals surface area (Å²) in [5.41, 5.74) is 2.88. The quantitative estimate of drug-likeness (QED) is 0.243. The molecule has 1 fully saturated rings. The molecule has 1 unspecified atom stereocenters. The zero-order valence-electron chi connectivity index (χ0n) is 22.7. The van der Waals surface area contributed by atoms with E-state index in [1.807, 2.05) is 97.9 Å². The van der Waals surface area contributed by atoms with Crippen molar-refractivity contribution in [2.24, 2.45) is 4.99 Å². The number of ether oxygens (including phenoxy) is 1. The highest BCUT2D eigenvalue weighted by atomic mass is 19.4. The number of aryl methyl sites for hydroxylation is 1. The molecule has 1 aliphatic rings. The second kappa shape index (κ2) is 12.3. The van der Waals surface area contributed by atoms with Gasteiger partial charge in [0.05, 0.1) is 5.56 Å². The van der Waals surface area contributed by atoms with Crippen molar-refractivity contribution in [2.75, 3.05) is 0 Å². The van der Waals surface area contributed by atoms with Crippen molar-refractivity contribution in [1.82, 2.24) is 4.90 Å². The topological polar surface area (TPSA) is 59.0 Å². The van der Waals surface area contributed by atoms with E-state index >= 15 is 0 Å². The van der Waals surface area contributed by atoms with E-state index in [1.54, 1.807) is 0 Å². The first-order valence-corrected chi connectivity index (χ1v) is 13.3. The highest BCUT2D eigenvalue weighted by Gasteiger charge is 2.40. The van der Waals surface area contributed by atoms with Crippen LogP contribution in [0, 0.1) is 6.92 Å². The summed E-state index contributed by atoms with van der Waals surface area (Å²) in [5, 5.41) is 0. The van der Waals surface area contributed by atoms with Crippen LogP contribution in [0.25, 0.3) is 6.08 Å². The van der Waals surface area contributed by atoms with Gasteiger partial charge in [-0.3, -0.25) is 4.79 Å². The van der Waals surface area contributed by atoms with E-state index in [1.165, 1.54) is 11.0 Å². The third-order valence-corrected chi connectivity index (χ3v) is 6.91. The molecule has 8 heteroatoms. The molecule has 212 valence electrons. The zero-order chi connectivity index (χ0) is 29.7. The van der Waals surface area contributed by atoms with Crippen molar-refractivity contribution in [3.05, 3.63) is 148 Å². The van der Waals surface area contributed by atoms with Crippen LogP contribution in [0.2, 0.25) is 0 Å². The van der Waals surface area contributed by atoms with Crippen LogP contribution in [-0.2, 0) is 17.5 Å². The standard InChI is InChI=1S/C34H27F3N2O3/c1-23-15-17-26(18-16-23)29-21-31(38-32(40)27-13-8-14-28(20-27)34(35,36)37)39(30(29)19-24-9-4-2-5-10-24)33(41)42-22-25-11-6-3-7-12-25/h2-20,29H,21-22H2,1H3/b30-19-,38-31-. The first-order valence-electron chi connectivity index (χ1n) is 13.3. The second-order valence-electron chi connectivity index (χ2n) is 9.93. The van der Waals surface area contributed by atoms with Gasteiger partial charge in [-0.25, -0.2) is 9.69 Å². The Bertz CT molecular complexity index is 1630. The smallest absolute Gasteiger partial charge is 0.420 e. The maximum absolute atomic E-state index is 13.7. The fourth-order valence-electron chi connectivity index (χ4n) is 4.76. The number of rotatable bonds is 5. The number of hydrogen-bond donors (Lipinski definition) is 0. The molecule has 1 aliphatic heterocycles. The molecule has 0 saturated carbocycles. The summed E-state index contributed by atoms with van der Waals surface area (Å²) in [5.74, 6) is -1.17. The number of aliphatic imine (C=N–C) groups is 1. The fourth-order valence-corrected chi connectivity index (χ4v) is 4.76. The molecule has 0 N–H and O–H groups in total. The van der Waals surface area contributed by atoms with Crippen molar-refractivity contribution in [1.29, 1.82) is 0 Å². The Labute approximate surface area is 241 Å². The van der Waals surface area contributed by atoms with E-state index in [-0.39, 0.29) is 30.3 Å². The molecule has 42 heavy (non-hydrogen) atoms. The Hall–Kier alpha value is -4.98. The normalized spacial score (nSPS) is 17.0. The number of nitrogens with zero attached hydrogens (tertiary/aromatic N) is 2. The third kappa shape index (κ3) is 6.66. The Morgan fingerprint density at radius 2 is 1.57 bits per heavy atom. The van der Waals surface area contributed by atoms with Gasteiger partial charge in [-0.1, -0.05) is 96.6 Å². The lowest BCUT2D eigenvalue weighted by Gasteiger charge is -2.21. The average Bonchev–Trinajstić information content (AvgIpc) is 3.34. The molecule has 1 atom stereocenters. The number of carbonyl (C=O) groups is 2. The molecule has 1 saturated heterocycles. The Balaban J connectivity index is 1.58. The van der Waals surface area contributed by atoms with Gasteiger partial charge in [0.2, 0.25) is 0 Å². The van der Waals surface area contributed by atoms with Crippen molar-refractivity contribution in [3.63, 3.8) is 0 Å². The molecule has 1 heterocycles. The molecule has 4 aromatic carbocycles. The van der Waals surface area contributed by atoms with Crippen LogP contribution in [0.15, 0.2) is 120 Å². The molecule has 0 bridgehead atoms. The molecule has 4 aromatic rings. The highest BCUT2D eigenvalue weighted by Crippen LogP contribution is 2.40. The number of carbonyl (C=O) groups excluding carboxylic acids is 2. The van der Waals surface area contributed by atoms with Gasteiger partial charge in [-0.05, 0) is 47.9 Å². The van der Waals surface area contributed by atoms with E-state index in [0.29, 0.717) is 5.70 Å². The minimum atomic E-state index is -4.62. The van der Waals surface area contributed by atoms with Crippen LogP contribution in [0.5, 0.6) is 0 Å². The average molecular weight is 569 g/mol. The number of likely N-dealkylation sites (tertiary alicyclic amines) is 1.